The lowest BCUT2D eigenvalue weighted by Gasteiger charge is -2.38. The summed E-state index contributed by atoms with van der Waals surface area (Å²) in [6.07, 6.45) is 0.668. The lowest BCUT2D eigenvalue weighted by Crippen LogP contribution is -2.44. The zero-order valence-electron chi connectivity index (χ0n) is 12.2. The fraction of sp³-hybridized carbons (Fsp3) is 0.562. The molecule has 3 atom stereocenters. The lowest BCUT2D eigenvalue weighted by atomic mass is 9.98. The second-order valence-electron chi connectivity index (χ2n) is 6.62. The molecule has 1 fully saturated rings. The maximum absolute atomic E-state index is 12.5. The Morgan fingerprint density at radius 3 is 2.55 bits per heavy atom. The highest BCUT2D eigenvalue weighted by atomic mass is 16.6. The first kappa shape index (κ1) is 13.4. The van der Waals surface area contributed by atoms with Crippen molar-refractivity contribution in [3.8, 4) is 0 Å². The Kier molecular flexibility index (Phi) is 3.01. The first-order chi connectivity index (χ1) is 9.38. The highest BCUT2D eigenvalue weighted by Crippen LogP contribution is 2.50. The number of nitrogens with zero attached hydrogens (tertiary/aromatic N) is 1. The van der Waals surface area contributed by atoms with Gasteiger partial charge in [-0.2, -0.15) is 0 Å². The Morgan fingerprint density at radius 1 is 1.25 bits per heavy atom. The molecule has 1 saturated heterocycles. The number of amides is 1. The average Bonchev–Trinajstić information content (AvgIpc) is 2.62. The van der Waals surface area contributed by atoms with Gasteiger partial charge < -0.3 is 9.84 Å². The van der Waals surface area contributed by atoms with Gasteiger partial charge in [0.2, 0.25) is 0 Å². The van der Waals surface area contributed by atoms with Crippen molar-refractivity contribution < 1.29 is 14.6 Å². The first-order valence-electron chi connectivity index (χ1n) is 7.17. The summed E-state index contributed by atoms with van der Waals surface area (Å²) >= 11 is 0. The van der Waals surface area contributed by atoms with Crippen molar-refractivity contribution >= 4 is 6.09 Å². The van der Waals surface area contributed by atoms with E-state index in [0.29, 0.717) is 0 Å². The molecule has 0 aromatic heterocycles. The van der Waals surface area contributed by atoms with E-state index >= 15 is 0 Å². The summed E-state index contributed by atoms with van der Waals surface area (Å²) in [5.74, 6) is 0. The number of carbonyl (C=O) groups is 1. The number of piperidine rings is 1. The molecule has 4 heteroatoms. The minimum Gasteiger partial charge on any atom is -0.444 e. The van der Waals surface area contributed by atoms with Gasteiger partial charge in [-0.1, -0.05) is 24.3 Å². The van der Waals surface area contributed by atoms with Crippen LogP contribution in [0.5, 0.6) is 0 Å². The Morgan fingerprint density at radius 2 is 1.90 bits per heavy atom. The molecular weight excluding hydrogens is 254 g/mol. The highest BCUT2D eigenvalue weighted by Gasteiger charge is 2.49. The van der Waals surface area contributed by atoms with Crippen molar-refractivity contribution in [1.29, 1.82) is 0 Å². The number of ether oxygens (including phenoxy) is 1. The topological polar surface area (TPSA) is 49.8 Å². The fourth-order valence-electron chi connectivity index (χ4n) is 3.31. The molecule has 1 amide bonds. The third-order valence-corrected chi connectivity index (χ3v) is 4.01. The molecule has 1 N–H and O–H groups in total. The van der Waals surface area contributed by atoms with Crippen LogP contribution in [-0.4, -0.2) is 27.8 Å². The van der Waals surface area contributed by atoms with Crippen molar-refractivity contribution in [1.82, 2.24) is 4.90 Å². The summed E-state index contributed by atoms with van der Waals surface area (Å²) in [6, 6.07) is 7.77. The third kappa shape index (κ3) is 2.08. The number of hydrogen-bond acceptors (Lipinski definition) is 3. The predicted octanol–water partition coefficient (Wildman–Crippen LogP) is 3.17. The molecule has 0 radical (unpaired) electrons. The Labute approximate surface area is 119 Å². The van der Waals surface area contributed by atoms with Gasteiger partial charge in [0.05, 0.1) is 18.2 Å². The van der Waals surface area contributed by atoms with Crippen molar-refractivity contribution in [3.05, 3.63) is 35.4 Å². The summed E-state index contributed by atoms with van der Waals surface area (Å²) in [4.78, 5) is 14.2. The monoisotopic (exact) mass is 275 g/mol. The highest BCUT2D eigenvalue weighted by molar-refractivity contribution is 5.72. The average molecular weight is 275 g/mol. The van der Waals surface area contributed by atoms with Crippen molar-refractivity contribution in [3.63, 3.8) is 0 Å². The van der Waals surface area contributed by atoms with Gasteiger partial charge in [0.25, 0.3) is 0 Å². The van der Waals surface area contributed by atoms with Crippen LogP contribution in [0.2, 0.25) is 0 Å². The normalized spacial score (nSPS) is 28.2. The maximum atomic E-state index is 12.5. The molecule has 1 aromatic rings. The second-order valence-corrected chi connectivity index (χ2v) is 6.62. The molecule has 4 nitrogen and oxygen atoms in total. The summed E-state index contributed by atoms with van der Waals surface area (Å²) in [5, 5.41) is 10.3. The van der Waals surface area contributed by atoms with Gasteiger partial charge in [-0.3, -0.25) is 4.90 Å². The van der Waals surface area contributed by atoms with E-state index in [-0.39, 0.29) is 18.2 Å². The molecule has 1 unspecified atom stereocenters. The van der Waals surface area contributed by atoms with E-state index in [9.17, 15) is 9.90 Å². The molecule has 2 heterocycles. The molecule has 2 aliphatic rings. The largest absolute Gasteiger partial charge is 0.444 e. The number of rotatable bonds is 0. The third-order valence-electron chi connectivity index (χ3n) is 4.01. The number of fused-ring (bicyclic) bond motifs is 5. The van der Waals surface area contributed by atoms with Crippen LogP contribution in [0.15, 0.2) is 24.3 Å². The minimum atomic E-state index is -0.523. The molecule has 0 aliphatic carbocycles. The molecule has 3 rings (SSSR count). The SMILES string of the molecule is CC(C)(C)OC(=O)N1C2CC[C@H](O)[C@H]1c1ccccc12. The second kappa shape index (κ2) is 4.48. The number of aliphatic hydroxyl groups is 1. The molecule has 108 valence electrons. The van der Waals surface area contributed by atoms with Crippen LogP contribution in [0.3, 0.4) is 0 Å². The van der Waals surface area contributed by atoms with E-state index in [4.69, 9.17) is 4.74 Å². The zero-order chi connectivity index (χ0) is 14.5. The number of carbonyl (C=O) groups excluding carboxylic acids is 1. The summed E-state index contributed by atoms with van der Waals surface area (Å²) in [5.41, 5.74) is 1.69. The van der Waals surface area contributed by atoms with E-state index < -0.39 is 11.7 Å². The van der Waals surface area contributed by atoms with Crippen molar-refractivity contribution in [2.24, 2.45) is 0 Å². The van der Waals surface area contributed by atoms with Crippen LogP contribution in [-0.2, 0) is 4.74 Å². The van der Waals surface area contributed by atoms with Crippen LogP contribution >= 0.6 is 0 Å². The van der Waals surface area contributed by atoms with E-state index in [1.54, 1.807) is 4.90 Å². The predicted molar refractivity (Wildman–Crippen MR) is 75.2 cm³/mol. The lowest BCUT2D eigenvalue weighted by molar-refractivity contribution is -0.0347. The van der Waals surface area contributed by atoms with Crippen molar-refractivity contribution in [2.75, 3.05) is 0 Å². The van der Waals surface area contributed by atoms with E-state index in [1.807, 2.05) is 39.0 Å². The van der Waals surface area contributed by atoms with Gasteiger partial charge in [-0.15, -0.1) is 0 Å². The van der Waals surface area contributed by atoms with E-state index in [0.717, 1.165) is 24.0 Å². The fourth-order valence-corrected chi connectivity index (χ4v) is 3.31. The van der Waals surface area contributed by atoms with Crippen molar-refractivity contribution in [2.45, 2.75) is 57.4 Å². The Balaban J connectivity index is 1.96. The quantitative estimate of drug-likeness (QED) is 0.791. The van der Waals surface area contributed by atoms with E-state index in [1.165, 1.54) is 0 Å². The number of benzene rings is 1. The smallest absolute Gasteiger partial charge is 0.411 e. The molecule has 2 aliphatic heterocycles. The van der Waals surface area contributed by atoms with Crippen LogP contribution in [0, 0.1) is 0 Å². The first-order valence-corrected chi connectivity index (χ1v) is 7.17. The molecule has 2 bridgehead atoms. The summed E-state index contributed by atoms with van der Waals surface area (Å²) < 4.78 is 5.51. The molecule has 0 saturated carbocycles. The van der Waals surface area contributed by atoms with Gasteiger partial charge >= 0.3 is 6.09 Å². The standard InChI is InChI=1S/C16H21NO3/c1-16(2,3)20-15(19)17-12-8-9-13(18)14(17)11-7-5-4-6-10(11)12/h4-7,12-14,18H,8-9H2,1-3H3/t12?,13-,14+/m0/s1. The summed E-state index contributed by atoms with van der Waals surface area (Å²) in [7, 11) is 0. The van der Waals surface area contributed by atoms with Crippen LogP contribution < -0.4 is 0 Å². The Hall–Kier alpha value is -1.55. The van der Waals surface area contributed by atoms with Gasteiger partial charge in [-0.05, 0) is 44.7 Å². The van der Waals surface area contributed by atoms with Gasteiger partial charge in [0, 0.05) is 0 Å². The molecule has 0 spiro atoms. The summed E-state index contributed by atoms with van der Waals surface area (Å²) in [6.45, 7) is 5.58. The van der Waals surface area contributed by atoms with Crippen LogP contribution in [0.1, 0.15) is 56.8 Å². The maximum Gasteiger partial charge on any atom is 0.411 e. The zero-order valence-corrected chi connectivity index (χ0v) is 12.2. The van der Waals surface area contributed by atoms with E-state index in [2.05, 4.69) is 6.07 Å². The number of aliphatic hydroxyl groups excluding tert-OH is 1. The van der Waals surface area contributed by atoms with Crippen LogP contribution in [0.25, 0.3) is 0 Å². The molecule has 20 heavy (non-hydrogen) atoms. The van der Waals surface area contributed by atoms with Crippen LogP contribution in [0.4, 0.5) is 4.79 Å². The minimum absolute atomic E-state index is 0.0365. The van der Waals surface area contributed by atoms with Gasteiger partial charge in [0.1, 0.15) is 5.60 Å². The molecule has 1 aromatic carbocycles. The molecular formula is C16H21NO3. The number of hydrogen-bond donors (Lipinski definition) is 1. The van der Waals surface area contributed by atoms with Gasteiger partial charge in [-0.25, -0.2) is 4.79 Å². The Bertz CT molecular complexity index is 535. The van der Waals surface area contributed by atoms with Gasteiger partial charge in [0.15, 0.2) is 0 Å².